The van der Waals surface area contributed by atoms with Crippen LogP contribution in [0.25, 0.3) is 0 Å². The van der Waals surface area contributed by atoms with Gasteiger partial charge in [0.05, 0.1) is 45.8 Å². The fraction of sp³-hybridized carbons (Fsp3) is 0.333. The molecule has 172 valence electrons. The van der Waals surface area contributed by atoms with Gasteiger partial charge < -0.3 is 29.2 Å². The van der Waals surface area contributed by atoms with E-state index in [-0.39, 0.29) is 11.8 Å². The number of hydrogen-bond acceptors (Lipinski definition) is 6. The van der Waals surface area contributed by atoms with Gasteiger partial charge in [0.15, 0.2) is 11.5 Å². The Hall–Kier alpha value is -3.23. The summed E-state index contributed by atoms with van der Waals surface area (Å²) in [5.74, 6) is -0.486. The Morgan fingerprint density at radius 3 is 2.39 bits per heavy atom. The van der Waals surface area contributed by atoms with Crippen LogP contribution in [0.1, 0.15) is 0 Å². The molecule has 2 aromatic rings. The van der Waals surface area contributed by atoms with Crippen LogP contribution in [0, 0.1) is 11.8 Å². The zero-order valence-corrected chi connectivity index (χ0v) is 19.1. The van der Waals surface area contributed by atoms with E-state index in [1.54, 1.807) is 41.3 Å². The number of halogens is 1. The van der Waals surface area contributed by atoms with Gasteiger partial charge in [-0.05, 0) is 24.3 Å². The summed E-state index contributed by atoms with van der Waals surface area (Å²) in [6, 6.07) is 10.3. The molecule has 1 N–H and O–H groups in total. The Morgan fingerprint density at radius 2 is 1.79 bits per heavy atom. The van der Waals surface area contributed by atoms with Crippen molar-refractivity contribution in [1.82, 2.24) is 0 Å². The van der Waals surface area contributed by atoms with Crippen molar-refractivity contribution >= 4 is 34.8 Å². The van der Waals surface area contributed by atoms with E-state index in [0.29, 0.717) is 34.5 Å². The molecule has 2 bridgehead atoms. The number of nitrogens with one attached hydrogen (secondary N) is 1. The Balaban J connectivity index is 1.43. The Kier molecular flexibility index (Phi) is 5.22. The van der Waals surface area contributed by atoms with Crippen molar-refractivity contribution in [3.05, 3.63) is 53.6 Å². The van der Waals surface area contributed by atoms with Crippen LogP contribution < -0.4 is 24.4 Å². The van der Waals surface area contributed by atoms with Gasteiger partial charge in [0.1, 0.15) is 5.60 Å². The Morgan fingerprint density at radius 1 is 1.12 bits per heavy atom. The van der Waals surface area contributed by atoms with Crippen molar-refractivity contribution in [3.8, 4) is 17.2 Å². The SMILES string of the molecule is COc1cc(NC(=O)C2C3C=C[C@]4(CN(c5ccc(Cl)cc5)C(=O)C24)O3)cc(OC)c1OC. The summed E-state index contributed by atoms with van der Waals surface area (Å²) in [6.45, 7) is 0.346. The minimum absolute atomic E-state index is 0.144. The minimum atomic E-state index is -0.821. The average Bonchev–Trinajstić information content (AvgIpc) is 3.47. The maximum atomic E-state index is 13.5. The molecule has 3 aliphatic heterocycles. The van der Waals surface area contributed by atoms with Crippen LogP contribution in [0.15, 0.2) is 48.6 Å². The third kappa shape index (κ3) is 3.32. The van der Waals surface area contributed by atoms with E-state index in [4.69, 9.17) is 30.5 Å². The first-order chi connectivity index (χ1) is 15.9. The molecule has 0 saturated carbocycles. The average molecular weight is 471 g/mol. The van der Waals surface area contributed by atoms with Gasteiger partial charge in [-0.3, -0.25) is 9.59 Å². The van der Waals surface area contributed by atoms with Gasteiger partial charge in [-0.15, -0.1) is 0 Å². The molecule has 3 heterocycles. The molecule has 3 aliphatic rings. The van der Waals surface area contributed by atoms with E-state index in [1.165, 1.54) is 21.3 Å². The fourth-order valence-corrected chi connectivity index (χ4v) is 5.14. The molecule has 3 unspecified atom stereocenters. The first kappa shape index (κ1) is 21.6. The predicted octanol–water partition coefficient (Wildman–Crippen LogP) is 3.29. The first-order valence-corrected chi connectivity index (χ1v) is 10.8. The predicted molar refractivity (Wildman–Crippen MR) is 122 cm³/mol. The lowest BCUT2D eigenvalue weighted by Crippen LogP contribution is -2.41. The molecule has 2 saturated heterocycles. The molecule has 2 amide bonds. The van der Waals surface area contributed by atoms with Gasteiger partial charge in [-0.2, -0.15) is 0 Å². The number of fused-ring (bicyclic) bond motifs is 1. The van der Waals surface area contributed by atoms with Gasteiger partial charge in [-0.1, -0.05) is 23.8 Å². The molecule has 0 aromatic heterocycles. The first-order valence-electron chi connectivity index (χ1n) is 10.5. The highest BCUT2D eigenvalue weighted by molar-refractivity contribution is 6.30. The lowest BCUT2D eigenvalue weighted by atomic mass is 9.77. The number of nitrogens with zero attached hydrogens (tertiary/aromatic N) is 1. The quantitative estimate of drug-likeness (QED) is 0.652. The van der Waals surface area contributed by atoms with E-state index in [9.17, 15) is 9.59 Å². The molecule has 2 fully saturated rings. The molecule has 0 aliphatic carbocycles. The number of ether oxygens (including phenoxy) is 4. The molecule has 5 rings (SSSR count). The molecule has 2 aromatic carbocycles. The standard InChI is InChI=1S/C24H23ClN2O6/c1-30-17-10-14(11-18(31-2)21(17)32-3)26-22(28)19-16-8-9-24(33-16)12-27(23(29)20(19)24)15-6-4-13(25)5-7-15/h4-11,16,19-20H,12H2,1-3H3,(H,26,28)/t16?,19?,20?,24-/m1/s1. The monoisotopic (exact) mass is 470 g/mol. The molecule has 33 heavy (non-hydrogen) atoms. The van der Waals surface area contributed by atoms with Crippen LogP contribution in [0.5, 0.6) is 17.2 Å². The van der Waals surface area contributed by atoms with E-state index in [1.807, 2.05) is 12.2 Å². The minimum Gasteiger partial charge on any atom is -0.493 e. The molecule has 9 heteroatoms. The maximum Gasteiger partial charge on any atom is 0.234 e. The number of methoxy groups -OCH3 is 3. The van der Waals surface area contributed by atoms with E-state index in [2.05, 4.69) is 5.32 Å². The lowest BCUT2D eigenvalue weighted by molar-refractivity contribution is -0.128. The number of anilines is 2. The molecule has 8 nitrogen and oxygen atoms in total. The number of benzene rings is 2. The Labute approximate surface area is 196 Å². The van der Waals surface area contributed by atoms with Crippen LogP contribution in [-0.2, 0) is 14.3 Å². The van der Waals surface area contributed by atoms with Crippen LogP contribution in [0.3, 0.4) is 0 Å². The van der Waals surface area contributed by atoms with E-state index < -0.39 is 23.5 Å². The fourth-order valence-electron chi connectivity index (χ4n) is 5.02. The van der Waals surface area contributed by atoms with Crippen LogP contribution in [-0.4, -0.2) is 51.4 Å². The van der Waals surface area contributed by atoms with Crippen molar-refractivity contribution in [2.24, 2.45) is 11.8 Å². The maximum absolute atomic E-state index is 13.5. The van der Waals surface area contributed by atoms with Gasteiger partial charge in [0.2, 0.25) is 17.6 Å². The lowest BCUT2D eigenvalue weighted by Gasteiger charge is -2.24. The molecule has 1 spiro atoms. The third-order valence-electron chi connectivity index (χ3n) is 6.47. The second-order valence-electron chi connectivity index (χ2n) is 8.20. The van der Waals surface area contributed by atoms with Gasteiger partial charge >= 0.3 is 0 Å². The summed E-state index contributed by atoms with van der Waals surface area (Å²) in [5.41, 5.74) is 0.367. The molecular formula is C24H23ClN2O6. The number of hydrogen-bond donors (Lipinski definition) is 1. The summed E-state index contributed by atoms with van der Waals surface area (Å²) in [5, 5.41) is 3.49. The number of rotatable bonds is 6. The summed E-state index contributed by atoms with van der Waals surface area (Å²) in [6.07, 6.45) is 3.32. The number of carbonyl (C=O) groups is 2. The largest absolute Gasteiger partial charge is 0.493 e. The summed E-state index contributed by atoms with van der Waals surface area (Å²) in [4.78, 5) is 28.5. The van der Waals surface area contributed by atoms with Crippen molar-refractivity contribution in [2.75, 3.05) is 38.1 Å². The number of carbonyl (C=O) groups excluding carboxylic acids is 2. The van der Waals surface area contributed by atoms with Gasteiger partial charge in [-0.25, -0.2) is 0 Å². The van der Waals surface area contributed by atoms with Crippen molar-refractivity contribution in [3.63, 3.8) is 0 Å². The molecular weight excluding hydrogens is 448 g/mol. The second-order valence-corrected chi connectivity index (χ2v) is 8.64. The number of amides is 2. The van der Waals surface area contributed by atoms with Crippen molar-refractivity contribution < 1.29 is 28.5 Å². The zero-order valence-electron chi connectivity index (χ0n) is 18.3. The van der Waals surface area contributed by atoms with Gasteiger partial charge in [0, 0.05) is 28.5 Å². The highest BCUT2D eigenvalue weighted by Gasteiger charge is 2.67. The zero-order chi connectivity index (χ0) is 23.3. The Bertz CT molecular complexity index is 1130. The summed E-state index contributed by atoms with van der Waals surface area (Å²) in [7, 11) is 4.52. The topological polar surface area (TPSA) is 86.3 Å². The smallest absolute Gasteiger partial charge is 0.234 e. The van der Waals surface area contributed by atoms with Crippen LogP contribution in [0.2, 0.25) is 5.02 Å². The van der Waals surface area contributed by atoms with Crippen molar-refractivity contribution in [1.29, 1.82) is 0 Å². The summed E-state index contributed by atoms with van der Waals surface area (Å²) >= 11 is 6.00. The second kappa shape index (κ2) is 7.97. The third-order valence-corrected chi connectivity index (χ3v) is 6.73. The molecule has 0 radical (unpaired) electrons. The van der Waals surface area contributed by atoms with E-state index >= 15 is 0 Å². The normalized spacial score (nSPS) is 27.0. The highest BCUT2D eigenvalue weighted by Crippen LogP contribution is 2.53. The molecule has 4 atom stereocenters. The van der Waals surface area contributed by atoms with Gasteiger partial charge in [0.25, 0.3) is 0 Å². The van der Waals surface area contributed by atoms with Crippen LogP contribution in [0.4, 0.5) is 11.4 Å². The van der Waals surface area contributed by atoms with Crippen molar-refractivity contribution in [2.45, 2.75) is 11.7 Å². The van der Waals surface area contributed by atoms with Crippen LogP contribution >= 0.6 is 11.6 Å². The van der Waals surface area contributed by atoms with E-state index in [0.717, 1.165) is 5.69 Å². The summed E-state index contributed by atoms with van der Waals surface area (Å²) < 4.78 is 22.3. The highest BCUT2D eigenvalue weighted by atomic mass is 35.5.